The molecule has 15 nitrogen and oxygen atoms in total. The minimum absolute atomic E-state index is 0.0197. The van der Waals surface area contributed by atoms with Crippen LogP contribution in [0.4, 0.5) is 20.3 Å². The van der Waals surface area contributed by atoms with Gasteiger partial charge in [-0.1, -0.05) is 26.0 Å². The summed E-state index contributed by atoms with van der Waals surface area (Å²) in [6, 6.07) is 10.4. The lowest BCUT2D eigenvalue weighted by Crippen LogP contribution is -2.54. The van der Waals surface area contributed by atoms with Crippen molar-refractivity contribution in [1.82, 2.24) is 35.0 Å². The molecule has 4 amide bonds. The third-order valence-electron chi connectivity index (χ3n) is 15.8. The molecule has 5 aromatic rings. The fourth-order valence-corrected chi connectivity index (χ4v) is 11.8. The normalized spacial score (nSPS) is 22.3. The molecule has 1 saturated carbocycles. The molecule has 1 unspecified atom stereocenters. The van der Waals surface area contributed by atoms with Crippen molar-refractivity contribution in [2.45, 2.75) is 77.7 Å². The highest BCUT2D eigenvalue weighted by Gasteiger charge is 2.47. The fourth-order valence-electron chi connectivity index (χ4n) is 11.8. The van der Waals surface area contributed by atoms with Gasteiger partial charge in [-0.2, -0.15) is 9.97 Å². The molecule has 17 heteroatoms. The van der Waals surface area contributed by atoms with E-state index in [0.717, 1.165) is 95.8 Å². The largest absolute Gasteiger partial charge is 0.508 e. The second-order valence-electron chi connectivity index (χ2n) is 20.6. The van der Waals surface area contributed by atoms with E-state index in [4.69, 9.17) is 14.7 Å². The number of ether oxygens (including phenoxy) is 1. The van der Waals surface area contributed by atoms with E-state index in [-0.39, 0.29) is 41.2 Å². The van der Waals surface area contributed by atoms with Crippen molar-refractivity contribution in [3.05, 3.63) is 77.0 Å². The second kappa shape index (κ2) is 18.4. The number of carbonyl (C=O) groups is 4. The van der Waals surface area contributed by atoms with Crippen LogP contribution in [0.5, 0.6) is 11.8 Å². The summed E-state index contributed by atoms with van der Waals surface area (Å²) in [5, 5.41) is 14.6. The standard InChI is InChI=1S/C53H59F2N9O6/c1-3-35-39(54)10-9-33-24-34(65)25-37(43(33)35)46-45(55)47-38(26-56-46)48(63-17-5-6-31(2)27-63)59-52(58-47)70-30-53(15-16-53)29-61-18-13-32(14-19-61)28-60-20-22-62(23-21-60)40-8-4-7-36-44(40)51(69)64(50(36)68)41-11-12-42(66)57-49(41)67/h4,7-10,24-26,31-32,41,65H,3,5-6,11-23,27-30H2,1-2H3,(H,57,66,67)/t31-,41?/m0/s1. The number of hydrogen-bond acceptors (Lipinski definition) is 13. The monoisotopic (exact) mass is 955 g/mol. The number of aromatic hydroxyl groups is 1. The first kappa shape index (κ1) is 46.1. The molecule has 1 aliphatic carbocycles. The number of halogens is 2. The lowest BCUT2D eigenvalue weighted by Gasteiger charge is -2.40. The maximum Gasteiger partial charge on any atom is 0.319 e. The van der Waals surface area contributed by atoms with Crippen LogP contribution in [0.15, 0.2) is 48.7 Å². The number of piperidine rings is 3. The van der Waals surface area contributed by atoms with Crippen molar-refractivity contribution in [2.24, 2.45) is 17.3 Å². The summed E-state index contributed by atoms with van der Waals surface area (Å²) >= 11 is 0. The van der Waals surface area contributed by atoms with Gasteiger partial charge in [-0.25, -0.2) is 8.78 Å². The Balaban J connectivity index is 0.730. The topological polar surface area (TPSA) is 165 Å². The molecule has 2 N–H and O–H groups in total. The quantitative estimate of drug-likeness (QED) is 0.127. The molecule has 6 aliphatic rings. The third kappa shape index (κ3) is 8.58. The zero-order valence-corrected chi connectivity index (χ0v) is 39.8. The molecule has 4 saturated heterocycles. The van der Waals surface area contributed by atoms with E-state index in [9.17, 15) is 24.3 Å². The molecular formula is C53H59F2N9O6. The van der Waals surface area contributed by atoms with E-state index in [2.05, 4.69) is 36.8 Å². The molecule has 2 aromatic heterocycles. The number of imide groups is 2. The van der Waals surface area contributed by atoms with Gasteiger partial charge in [-0.15, -0.1) is 0 Å². The molecule has 3 aromatic carbocycles. The number of aryl methyl sites for hydroxylation is 1. The Morgan fingerprint density at radius 1 is 0.871 bits per heavy atom. The predicted molar refractivity (Wildman–Crippen MR) is 260 cm³/mol. The van der Waals surface area contributed by atoms with Crippen molar-refractivity contribution < 1.29 is 37.8 Å². The van der Waals surface area contributed by atoms with E-state index in [1.165, 1.54) is 12.1 Å². The lowest BCUT2D eigenvalue weighted by molar-refractivity contribution is -0.136. The number of piperazine rings is 1. The van der Waals surface area contributed by atoms with Crippen LogP contribution >= 0.6 is 0 Å². The van der Waals surface area contributed by atoms with Gasteiger partial charge in [0.2, 0.25) is 11.8 Å². The van der Waals surface area contributed by atoms with Crippen molar-refractivity contribution in [3.8, 4) is 23.0 Å². The van der Waals surface area contributed by atoms with Crippen molar-refractivity contribution >= 4 is 56.8 Å². The van der Waals surface area contributed by atoms with Crippen LogP contribution in [-0.2, 0) is 16.0 Å². The summed E-state index contributed by atoms with van der Waals surface area (Å²) in [6.45, 7) is 12.9. The van der Waals surface area contributed by atoms with Crippen LogP contribution in [0.2, 0.25) is 0 Å². The summed E-state index contributed by atoms with van der Waals surface area (Å²) in [4.78, 5) is 76.3. The van der Waals surface area contributed by atoms with Crippen LogP contribution in [-0.4, -0.2) is 136 Å². The number of hydrogen-bond donors (Lipinski definition) is 2. The lowest BCUT2D eigenvalue weighted by atomic mass is 9.94. The SMILES string of the molecule is CCc1c(F)ccc2cc(O)cc(-c3ncc4c(N5CCC[C@H](C)C5)nc(OCC5(CN6CCC(CN7CCN(c8cccc9c8C(=O)N(C8CCC(=O)NC8=O)C9=O)CC7)CC6)CC5)nc4c3F)c12. The molecule has 0 bridgehead atoms. The van der Waals surface area contributed by atoms with E-state index in [1.807, 2.05) is 13.0 Å². The van der Waals surface area contributed by atoms with E-state index in [1.54, 1.807) is 30.5 Å². The van der Waals surface area contributed by atoms with Crippen molar-refractivity contribution in [3.63, 3.8) is 0 Å². The first-order chi connectivity index (χ1) is 33.9. The van der Waals surface area contributed by atoms with Gasteiger partial charge in [-0.3, -0.25) is 39.3 Å². The summed E-state index contributed by atoms with van der Waals surface area (Å²) in [5.74, 6) is -1.55. The zero-order chi connectivity index (χ0) is 48.4. The number of fused-ring (bicyclic) bond motifs is 3. The van der Waals surface area contributed by atoms with E-state index < -0.39 is 41.3 Å². The number of pyridine rings is 1. The van der Waals surface area contributed by atoms with Crippen molar-refractivity contribution in [2.75, 3.05) is 81.9 Å². The molecular weight excluding hydrogens is 897 g/mol. The number of amides is 4. The average Bonchev–Trinajstić information content (AvgIpc) is 4.08. The molecule has 7 heterocycles. The third-order valence-corrected chi connectivity index (χ3v) is 15.8. The zero-order valence-electron chi connectivity index (χ0n) is 39.8. The number of aromatic nitrogens is 3. The van der Waals surface area contributed by atoms with Crippen LogP contribution in [0.1, 0.15) is 91.5 Å². The Labute approximate surface area is 405 Å². The number of rotatable bonds is 12. The second-order valence-corrected chi connectivity index (χ2v) is 20.6. The Kier molecular flexibility index (Phi) is 12.1. The van der Waals surface area contributed by atoms with Gasteiger partial charge in [0.15, 0.2) is 5.82 Å². The molecule has 2 atom stereocenters. The first-order valence-corrected chi connectivity index (χ1v) is 25.1. The highest BCUT2D eigenvalue weighted by molar-refractivity contribution is 6.25. The Morgan fingerprint density at radius 2 is 1.67 bits per heavy atom. The summed E-state index contributed by atoms with van der Waals surface area (Å²) in [5.41, 5.74) is 2.08. The molecule has 70 heavy (non-hydrogen) atoms. The van der Waals surface area contributed by atoms with Crippen LogP contribution in [0, 0.1) is 28.9 Å². The number of phenols is 1. The maximum absolute atomic E-state index is 17.1. The smallest absolute Gasteiger partial charge is 0.319 e. The summed E-state index contributed by atoms with van der Waals surface area (Å²) in [6.07, 6.45) is 8.45. The van der Waals surface area contributed by atoms with Gasteiger partial charge in [0, 0.05) is 76.0 Å². The fraction of sp³-hybridized carbons (Fsp3) is 0.491. The summed E-state index contributed by atoms with van der Waals surface area (Å²) < 4.78 is 38.8. The number of phenolic OH excluding ortho intramolecular Hbond substituents is 1. The first-order valence-electron chi connectivity index (χ1n) is 25.1. The van der Waals surface area contributed by atoms with Crippen LogP contribution in [0.3, 0.4) is 0 Å². The molecule has 11 rings (SSSR count). The minimum atomic E-state index is -0.998. The minimum Gasteiger partial charge on any atom is -0.508 e. The van der Waals surface area contributed by atoms with Crippen LogP contribution in [0.25, 0.3) is 32.9 Å². The predicted octanol–water partition coefficient (Wildman–Crippen LogP) is 6.72. The molecule has 0 spiro atoms. The highest BCUT2D eigenvalue weighted by Crippen LogP contribution is 2.47. The Morgan fingerprint density at radius 3 is 2.41 bits per heavy atom. The average molecular weight is 956 g/mol. The van der Waals surface area contributed by atoms with Gasteiger partial charge in [0.05, 0.1) is 28.8 Å². The maximum atomic E-state index is 17.1. The number of anilines is 2. The number of nitrogens with one attached hydrogen (secondary N) is 1. The number of carbonyl (C=O) groups excluding carboxylic acids is 4. The summed E-state index contributed by atoms with van der Waals surface area (Å²) in [7, 11) is 0. The molecule has 5 fully saturated rings. The number of benzene rings is 3. The molecule has 5 aliphatic heterocycles. The van der Waals surface area contributed by atoms with Crippen LogP contribution < -0.4 is 19.9 Å². The van der Waals surface area contributed by atoms with Crippen molar-refractivity contribution in [1.29, 1.82) is 0 Å². The van der Waals surface area contributed by atoms with E-state index >= 15 is 8.78 Å². The number of likely N-dealkylation sites (tertiary alicyclic amines) is 1. The molecule has 0 radical (unpaired) electrons. The van der Waals surface area contributed by atoms with Gasteiger partial charge in [0.1, 0.15) is 34.6 Å². The molecule has 366 valence electrons. The Hall–Kier alpha value is -6.33. The highest BCUT2D eigenvalue weighted by atomic mass is 19.1. The van der Waals surface area contributed by atoms with Gasteiger partial charge < -0.3 is 24.5 Å². The number of nitrogens with zero attached hydrogens (tertiary/aromatic N) is 8. The van der Waals surface area contributed by atoms with Gasteiger partial charge in [0.25, 0.3) is 11.8 Å². The van der Waals surface area contributed by atoms with Gasteiger partial charge in [-0.05, 0) is 123 Å². The Bertz CT molecular complexity index is 2930. The van der Waals surface area contributed by atoms with Gasteiger partial charge >= 0.3 is 6.01 Å². The van der Waals surface area contributed by atoms with E-state index in [0.29, 0.717) is 87.9 Å².